The van der Waals surface area contributed by atoms with Crippen molar-refractivity contribution in [3.05, 3.63) is 12.2 Å². The van der Waals surface area contributed by atoms with Crippen molar-refractivity contribution < 1.29 is 4.74 Å². The number of ether oxygens (including phenoxy) is 1. The average Bonchev–Trinajstić information content (AvgIpc) is 2.20. The summed E-state index contributed by atoms with van der Waals surface area (Å²) in [7, 11) is 0. The van der Waals surface area contributed by atoms with Crippen molar-refractivity contribution in [3.8, 4) is 6.07 Å². The monoisotopic (exact) mass is 224 g/mol. The van der Waals surface area contributed by atoms with Gasteiger partial charge in [0.2, 0.25) is 0 Å². The van der Waals surface area contributed by atoms with Crippen molar-refractivity contribution in [2.24, 2.45) is 5.41 Å². The van der Waals surface area contributed by atoms with Gasteiger partial charge in [0, 0.05) is 19.5 Å². The van der Waals surface area contributed by atoms with E-state index in [2.05, 4.69) is 31.8 Å². The molecule has 0 aliphatic carbocycles. The van der Waals surface area contributed by atoms with Crippen LogP contribution >= 0.6 is 0 Å². The summed E-state index contributed by atoms with van der Waals surface area (Å²) in [6.07, 6.45) is 1.56. The maximum atomic E-state index is 8.52. The summed E-state index contributed by atoms with van der Waals surface area (Å²) in [6, 6.07) is 2.18. The van der Waals surface area contributed by atoms with Crippen LogP contribution in [0.2, 0.25) is 0 Å². The lowest BCUT2D eigenvalue weighted by molar-refractivity contribution is 0.154. The first-order valence-corrected chi connectivity index (χ1v) is 5.78. The molecule has 92 valence electrons. The molecule has 0 fully saturated rings. The molecule has 1 N–H and O–H groups in total. The van der Waals surface area contributed by atoms with E-state index in [1.807, 2.05) is 6.92 Å². The summed E-state index contributed by atoms with van der Waals surface area (Å²) in [4.78, 5) is 0. The summed E-state index contributed by atoms with van der Waals surface area (Å²) in [5, 5.41) is 11.9. The number of hydrogen-bond donors (Lipinski definition) is 1. The van der Waals surface area contributed by atoms with Crippen LogP contribution in [0.25, 0.3) is 0 Å². The lowest BCUT2D eigenvalue weighted by Crippen LogP contribution is -2.31. The molecule has 0 unspecified atom stereocenters. The maximum absolute atomic E-state index is 8.52. The predicted octanol–water partition coefficient (Wildman–Crippen LogP) is 2.50. The Labute approximate surface area is 99.5 Å². The Kier molecular flexibility index (Phi) is 7.88. The fraction of sp³-hybridized carbons (Fsp3) is 0.769. The van der Waals surface area contributed by atoms with Gasteiger partial charge in [0.25, 0.3) is 0 Å². The SMILES string of the molecule is C=C(C)COCCNCC(C)(C)CCC#N. The van der Waals surface area contributed by atoms with Crippen LogP contribution in [-0.2, 0) is 4.74 Å². The van der Waals surface area contributed by atoms with E-state index >= 15 is 0 Å². The van der Waals surface area contributed by atoms with Crippen molar-refractivity contribution in [1.29, 1.82) is 5.26 Å². The molecular weight excluding hydrogens is 200 g/mol. The fourth-order valence-corrected chi connectivity index (χ4v) is 1.30. The maximum Gasteiger partial charge on any atom is 0.0672 e. The zero-order chi connectivity index (χ0) is 12.4. The van der Waals surface area contributed by atoms with Gasteiger partial charge in [-0.25, -0.2) is 0 Å². The summed E-state index contributed by atoms with van der Waals surface area (Å²) in [5.74, 6) is 0. The third-order valence-corrected chi connectivity index (χ3v) is 2.29. The molecule has 16 heavy (non-hydrogen) atoms. The summed E-state index contributed by atoms with van der Waals surface area (Å²) in [5.41, 5.74) is 1.23. The van der Waals surface area contributed by atoms with Crippen LogP contribution in [0.3, 0.4) is 0 Å². The molecule has 0 aliphatic rings. The summed E-state index contributed by atoms with van der Waals surface area (Å²) < 4.78 is 5.38. The van der Waals surface area contributed by atoms with Crippen molar-refractivity contribution in [2.75, 3.05) is 26.3 Å². The van der Waals surface area contributed by atoms with E-state index < -0.39 is 0 Å². The van der Waals surface area contributed by atoms with E-state index in [9.17, 15) is 0 Å². The smallest absolute Gasteiger partial charge is 0.0672 e. The van der Waals surface area contributed by atoms with Crippen molar-refractivity contribution in [1.82, 2.24) is 5.32 Å². The highest BCUT2D eigenvalue weighted by Gasteiger charge is 2.16. The first kappa shape index (κ1) is 15.2. The Morgan fingerprint density at radius 3 is 2.75 bits per heavy atom. The standard InChI is InChI=1S/C13H24N2O/c1-12(2)10-16-9-8-15-11-13(3,4)6-5-7-14/h15H,1,5-6,8-11H2,2-4H3. The zero-order valence-corrected chi connectivity index (χ0v) is 10.8. The lowest BCUT2D eigenvalue weighted by Gasteiger charge is -2.23. The molecule has 0 rings (SSSR count). The molecule has 0 aliphatic heterocycles. The summed E-state index contributed by atoms with van der Waals surface area (Å²) in [6.45, 7) is 13.2. The molecule has 0 bridgehead atoms. The molecule has 3 nitrogen and oxygen atoms in total. The molecular formula is C13H24N2O. The van der Waals surface area contributed by atoms with Crippen LogP contribution < -0.4 is 5.32 Å². The molecule has 0 atom stereocenters. The van der Waals surface area contributed by atoms with E-state index in [1.54, 1.807) is 0 Å². The third kappa shape index (κ3) is 9.70. The van der Waals surface area contributed by atoms with Gasteiger partial charge >= 0.3 is 0 Å². The quantitative estimate of drug-likeness (QED) is 0.483. The second-order valence-corrected chi connectivity index (χ2v) is 5.01. The van der Waals surface area contributed by atoms with E-state index in [1.165, 1.54) is 0 Å². The molecule has 0 aromatic heterocycles. The minimum absolute atomic E-state index is 0.185. The van der Waals surface area contributed by atoms with E-state index in [-0.39, 0.29) is 5.41 Å². The van der Waals surface area contributed by atoms with Crippen LogP contribution in [0.15, 0.2) is 12.2 Å². The van der Waals surface area contributed by atoms with Crippen molar-refractivity contribution >= 4 is 0 Å². The van der Waals surface area contributed by atoms with Gasteiger partial charge in [0.15, 0.2) is 0 Å². The summed E-state index contributed by atoms with van der Waals surface area (Å²) >= 11 is 0. The Morgan fingerprint density at radius 2 is 2.19 bits per heavy atom. The molecule has 0 aromatic carbocycles. The van der Waals surface area contributed by atoms with Gasteiger partial charge in [-0.1, -0.05) is 26.0 Å². The van der Waals surface area contributed by atoms with Crippen molar-refractivity contribution in [3.63, 3.8) is 0 Å². The first-order valence-electron chi connectivity index (χ1n) is 5.78. The molecule has 0 heterocycles. The van der Waals surface area contributed by atoms with Crippen molar-refractivity contribution in [2.45, 2.75) is 33.6 Å². The van der Waals surface area contributed by atoms with Gasteiger partial charge in [-0.05, 0) is 18.8 Å². The van der Waals surface area contributed by atoms with Crippen LogP contribution in [0.5, 0.6) is 0 Å². The number of nitrogens with zero attached hydrogens (tertiary/aromatic N) is 1. The Morgan fingerprint density at radius 1 is 1.50 bits per heavy atom. The lowest BCUT2D eigenvalue weighted by atomic mass is 9.88. The van der Waals surface area contributed by atoms with Crippen LogP contribution in [0.1, 0.15) is 33.6 Å². The number of rotatable bonds is 9. The largest absolute Gasteiger partial charge is 0.376 e. The fourth-order valence-electron chi connectivity index (χ4n) is 1.30. The van der Waals surface area contributed by atoms with E-state index in [0.717, 1.165) is 25.1 Å². The molecule has 0 spiro atoms. The molecule has 0 amide bonds. The molecule has 0 saturated heterocycles. The predicted molar refractivity (Wildman–Crippen MR) is 67.1 cm³/mol. The molecule has 0 aromatic rings. The van der Waals surface area contributed by atoms with Gasteiger partial charge in [0.05, 0.1) is 19.3 Å². The molecule has 0 radical (unpaired) electrons. The van der Waals surface area contributed by atoms with Gasteiger partial charge in [-0.2, -0.15) is 5.26 Å². The topological polar surface area (TPSA) is 45.0 Å². The van der Waals surface area contributed by atoms with Crippen LogP contribution in [0.4, 0.5) is 0 Å². The zero-order valence-electron chi connectivity index (χ0n) is 10.8. The average molecular weight is 224 g/mol. The highest BCUT2D eigenvalue weighted by atomic mass is 16.5. The number of nitriles is 1. The third-order valence-electron chi connectivity index (χ3n) is 2.29. The molecule has 0 saturated carbocycles. The van der Waals surface area contributed by atoms with E-state index in [0.29, 0.717) is 19.6 Å². The van der Waals surface area contributed by atoms with Gasteiger partial charge < -0.3 is 10.1 Å². The van der Waals surface area contributed by atoms with Crippen LogP contribution in [-0.4, -0.2) is 26.3 Å². The highest BCUT2D eigenvalue weighted by molar-refractivity contribution is 4.87. The number of nitrogens with one attached hydrogen (secondary N) is 1. The minimum atomic E-state index is 0.185. The van der Waals surface area contributed by atoms with Gasteiger partial charge in [-0.15, -0.1) is 0 Å². The Hall–Kier alpha value is -0.850. The van der Waals surface area contributed by atoms with Gasteiger partial charge in [0.1, 0.15) is 0 Å². The normalized spacial score (nSPS) is 11.1. The number of hydrogen-bond acceptors (Lipinski definition) is 3. The Bertz CT molecular complexity index is 241. The first-order chi connectivity index (χ1) is 7.48. The second-order valence-electron chi connectivity index (χ2n) is 5.01. The molecule has 3 heteroatoms. The van der Waals surface area contributed by atoms with E-state index in [4.69, 9.17) is 10.00 Å². The highest BCUT2D eigenvalue weighted by Crippen LogP contribution is 2.20. The van der Waals surface area contributed by atoms with Crippen LogP contribution in [0, 0.1) is 16.7 Å². The Balaban J connectivity index is 3.43. The second kappa shape index (κ2) is 8.32. The minimum Gasteiger partial charge on any atom is -0.376 e. The van der Waals surface area contributed by atoms with Gasteiger partial charge in [-0.3, -0.25) is 0 Å².